The Balaban J connectivity index is 0.00000200. The number of carbonyl (C=O) groups excluding carboxylic acids is 1. The van der Waals surface area contributed by atoms with Gasteiger partial charge in [0.25, 0.3) is 11.6 Å². The van der Waals surface area contributed by atoms with Crippen molar-refractivity contribution in [3.8, 4) is 0 Å². The number of hydrogen-bond donors (Lipinski definition) is 1. The zero-order chi connectivity index (χ0) is 13.8. The molecule has 3 N–H and O–H groups in total. The number of aryl methyl sites for hydroxylation is 1. The summed E-state index contributed by atoms with van der Waals surface area (Å²) in [6, 6.07) is 13.1. The smallest absolute Gasteiger partial charge is 0.282 e. The highest BCUT2D eigenvalue weighted by atomic mass is 16.6. The van der Waals surface area contributed by atoms with Crippen LogP contribution in [0.2, 0.25) is 0 Å². The summed E-state index contributed by atoms with van der Waals surface area (Å²) in [7, 11) is 0. The van der Waals surface area contributed by atoms with Gasteiger partial charge in [0.1, 0.15) is 5.56 Å². The number of hydrogen-bond acceptors (Lipinski definition) is 3. The summed E-state index contributed by atoms with van der Waals surface area (Å²) < 4.78 is 0. The minimum absolute atomic E-state index is 0. The van der Waals surface area contributed by atoms with Crippen LogP contribution in [-0.2, 0) is 0 Å². The van der Waals surface area contributed by atoms with Gasteiger partial charge in [-0.1, -0.05) is 30.3 Å². The lowest BCUT2D eigenvalue weighted by Crippen LogP contribution is -2.14. The van der Waals surface area contributed by atoms with E-state index in [9.17, 15) is 14.9 Å². The molecule has 0 heterocycles. The second-order valence-electron chi connectivity index (χ2n) is 4.04. The SMILES string of the molecule is Cc1ccccc1NC(=O)c1ccccc1[N+](=O)[O-].O. The molecule has 0 bridgehead atoms. The van der Waals surface area contributed by atoms with Gasteiger partial charge < -0.3 is 10.8 Å². The lowest BCUT2D eigenvalue weighted by atomic mass is 10.1. The molecule has 0 radical (unpaired) electrons. The highest BCUT2D eigenvalue weighted by Gasteiger charge is 2.19. The molecule has 0 fully saturated rings. The van der Waals surface area contributed by atoms with E-state index in [1.165, 1.54) is 18.2 Å². The van der Waals surface area contributed by atoms with Crippen LogP contribution in [0.3, 0.4) is 0 Å². The minimum Gasteiger partial charge on any atom is -0.412 e. The molecule has 0 aliphatic rings. The first kappa shape index (κ1) is 15.3. The highest BCUT2D eigenvalue weighted by molar-refractivity contribution is 6.07. The lowest BCUT2D eigenvalue weighted by molar-refractivity contribution is -0.385. The molecular weight excluding hydrogens is 260 g/mol. The van der Waals surface area contributed by atoms with Crippen molar-refractivity contribution in [2.45, 2.75) is 6.92 Å². The highest BCUT2D eigenvalue weighted by Crippen LogP contribution is 2.20. The van der Waals surface area contributed by atoms with Crippen LogP contribution < -0.4 is 5.32 Å². The molecular formula is C14H14N2O4. The predicted octanol–water partition coefficient (Wildman–Crippen LogP) is 2.33. The molecule has 0 saturated carbocycles. The Morgan fingerprint density at radius 2 is 1.70 bits per heavy atom. The summed E-state index contributed by atoms with van der Waals surface area (Å²) in [4.78, 5) is 22.4. The number of nitro groups is 1. The molecule has 2 rings (SSSR count). The lowest BCUT2D eigenvalue weighted by Gasteiger charge is -2.08. The van der Waals surface area contributed by atoms with Crippen LogP contribution in [0.1, 0.15) is 15.9 Å². The maximum atomic E-state index is 12.1. The van der Waals surface area contributed by atoms with Gasteiger partial charge in [0, 0.05) is 11.8 Å². The predicted molar refractivity (Wildman–Crippen MR) is 75.8 cm³/mol. The number of nitro benzene ring substituents is 1. The second-order valence-corrected chi connectivity index (χ2v) is 4.04. The first-order valence-corrected chi connectivity index (χ1v) is 5.70. The van der Waals surface area contributed by atoms with E-state index in [1.807, 2.05) is 19.1 Å². The van der Waals surface area contributed by atoms with Gasteiger partial charge in [0.2, 0.25) is 0 Å². The average molecular weight is 274 g/mol. The minimum atomic E-state index is -0.563. The molecule has 1 amide bonds. The standard InChI is InChI=1S/C14H12N2O3.H2O/c1-10-6-2-4-8-12(10)15-14(17)11-7-3-5-9-13(11)16(18)19;/h2-9H,1H3,(H,15,17);1H2. The molecule has 6 heteroatoms. The molecule has 2 aromatic rings. The summed E-state index contributed by atoms with van der Waals surface area (Å²) in [5, 5.41) is 13.5. The molecule has 20 heavy (non-hydrogen) atoms. The third kappa shape index (κ3) is 3.18. The van der Waals surface area contributed by atoms with Crippen LogP contribution >= 0.6 is 0 Å². The van der Waals surface area contributed by atoms with Gasteiger partial charge >= 0.3 is 0 Å². The van der Waals surface area contributed by atoms with E-state index < -0.39 is 10.8 Å². The first-order chi connectivity index (χ1) is 9.09. The van der Waals surface area contributed by atoms with Gasteiger partial charge in [-0.2, -0.15) is 0 Å². The number of nitrogens with zero attached hydrogens (tertiary/aromatic N) is 1. The summed E-state index contributed by atoms with van der Waals surface area (Å²) in [6.07, 6.45) is 0. The van der Waals surface area contributed by atoms with Gasteiger partial charge in [-0.25, -0.2) is 0 Å². The summed E-state index contributed by atoms with van der Waals surface area (Å²) in [5.41, 5.74) is 1.39. The Kier molecular flexibility index (Phi) is 4.94. The molecule has 0 aromatic heterocycles. The van der Waals surface area contributed by atoms with Crippen LogP contribution in [-0.4, -0.2) is 16.3 Å². The van der Waals surface area contributed by atoms with E-state index in [0.717, 1.165) is 5.56 Å². The quantitative estimate of drug-likeness (QED) is 0.686. The summed E-state index contributed by atoms with van der Waals surface area (Å²) in [5.74, 6) is -0.485. The van der Waals surface area contributed by atoms with Crippen LogP contribution in [0.5, 0.6) is 0 Å². The van der Waals surface area contributed by atoms with Crippen LogP contribution in [0.25, 0.3) is 0 Å². The van der Waals surface area contributed by atoms with Gasteiger partial charge in [0.15, 0.2) is 0 Å². The topological polar surface area (TPSA) is 104 Å². The first-order valence-electron chi connectivity index (χ1n) is 5.70. The Morgan fingerprint density at radius 3 is 2.35 bits per heavy atom. The third-order valence-electron chi connectivity index (χ3n) is 2.74. The fraction of sp³-hybridized carbons (Fsp3) is 0.0714. The Bertz CT molecular complexity index is 641. The number of amides is 1. The molecule has 0 aliphatic heterocycles. The van der Waals surface area contributed by atoms with E-state index in [1.54, 1.807) is 18.2 Å². The van der Waals surface area contributed by atoms with Gasteiger partial charge in [0.05, 0.1) is 4.92 Å². The van der Waals surface area contributed by atoms with Gasteiger partial charge in [-0.15, -0.1) is 0 Å². The molecule has 6 nitrogen and oxygen atoms in total. The summed E-state index contributed by atoms with van der Waals surface area (Å²) in [6.45, 7) is 1.86. The Morgan fingerprint density at radius 1 is 1.10 bits per heavy atom. The van der Waals surface area contributed by atoms with Crippen molar-refractivity contribution in [3.63, 3.8) is 0 Å². The fourth-order valence-electron chi connectivity index (χ4n) is 1.73. The molecule has 0 unspecified atom stereocenters. The largest absolute Gasteiger partial charge is 0.412 e. The number of para-hydroxylation sites is 2. The fourth-order valence-corrected chi connectivity index (χ4v) is 1.73. The average Bonchev–Trinajstić information content (AvgIpc) is 2.41. The van der Waals surface area contributed by atoms with Crippen LogP contribution in [0, 0.1) is 17.0 Å². The maximum absolute atomic E-state index is 12.1. The number of rotatable bonds is 3. The normalized spacial score (nSPS) is 9.45. The number of anilines is 1. The molecule has 2 aromatic carbocycles. The van der Waals surface area contributed by atoms with Crippen molar-refractivity contribution in [1.29, 1.82) is 0 Å². The summed E-state index contributed by atoms with van der Waals surface area (Å²) >= 11 is 0. The number of carbonyl (C=O) groups is 1. The van der Waals surface area contributed by atoms with Gasteiger partial charge in [-0.05, 0) is 24.6 Å². The monoisotopic (exact) mass is 274 g/mol. The Hall–Kier alpha value is -2.73. The van der Waals surface area contributed by atoms with E-state index in [2.05, 4.69) is 5.32 Å². The number of benzene rings is 2. The second kappa shape index (κ2) is 6.44. The van der Waals surface area contributed by atoms with E-state index in [4.69, 9.17) is 0 Å². The number of nitrogens with one attached hydrogen (secondary N) is 1. The van der Waals surface area contributed by atoms with Crippen molar-refractivity contribution in [1.82, 2.24) is 0 Å². The van der Waals surface area contributed by atoms with Crippen LogP contribution in [0.15, 0.2) is 48.5 Å². The maximum Gasteiger partial charge on any atom is 0.282 e. The van der Waals surface area contributed by atoms with Crippen LogP contribution in [0.4, 0.5) is 11.4 Å². The molecule has 0 spiro atoms. The molecule has 0 aliphatic carbocycles. The van der Waals surface area contributed by atoms with Crippen molar-refractivity contribution < 1.29 is 15.2 Å². The molecule has 104 valence electrons. The van der Waals surface area contributed by atoms with E-state index >= 15 is 0 Å². The van der Waals surface area contributed by atoms with Gasteiger partial charge in [-0.3, -0.25) is 14.9 Å². The molecule has 0 atom stereocenters. The zero-order valence-electron chi connectivity index (χ0n) is 10.8. The zero-order valence-corrected chi connectivity index (χ0v) is 10.8. The van der Waals surface area contributed by atoms with Crippen molar-refractivity contribution in [2.75, 3.05) is 5.32 Å². The Labute approximate surface area is 115 Å². The van der Waals surface area contributed by atoms with Crippen molar-refractivity contribution in [2.24, 2.45) is 0 Å². The molecule has 0 saturated heterocycles. The van der Waals surface area contributed by atoms with Crippen molar-refractivity contribution in [3.05, 3.63) is 69.8 Å². The van der Waals surface area contributed by atoms with E-state index in [0.29, 0.717) is 5.69 Å². The van der Waals surface area contributed by atoms with Crippen molar-refractivity contribution >= 4 is 17.3 Å². The van der Waals surface area contributed by atoms with E-state index in [-0.39, 0.29) is 16.7 Å². The third-order valence-corrected chi connectivity index (χ3v) is 2.74.